The van der Waals surface area contributed by atoms with E-state index in [4.69, 9.17) is 4.52 Å². The second kappa shape index (κ2) is 8.66. The highest BCUT2D eigenvalue weighted by Crippen LogP contribution is 2.22. The summed E-state index contributed by atoms with van der Waals surface area (Å²) < 4.78 is 31.1. The molecule has 3 aromatic rings. The third kappa shape index (κ3) is 4.85. The van der Waals surface area contributed by atoms with E-state index in [9.17, 15) is 13.2 Å². The Kier molecular flexibility index (Phi) is 6.21. The van der Waals surface area contributed by atoms with Crippen LogP contribution < -0.4 is 4.31 Å². The first-order valence-corrected chi connectivity index (χ1v) is 11.2. The Morgan fingerprint density at radius 2 is 1.73 bits per heavy atom. The molecule has 0 aliphatic heterocycles. The van der Waals surface area contributed by atoms with Crippen molar-refractivity contribution in [2.45, 2.75) is 26.4 Å². The number of likely N-dealkylation sites (N-methyl/N-ethyl adjacent to an activating group) is 1. The maximum Gasteiger partial charge on any atom is 0.246 e. The fourth-order valence-corrected chi connectivity index (χ4v) is 4.29. The van der Waals surface area contributed by atoms with Gasteiger partial charge in [0.25, 0.3) is 0 Å². The highest BCUT2D eigenvalue weighted by atomic mass is 32.2. The van der Waals surface area contributed by atoms with Gasteiger partial charge in [0.15, 0.2) is 0 Å². The number of rotatable bonds is 7. The van der Waals surface area contributed by atoms with Gasteiger partial charge in [-0.1, -0.05) is 53.2 Å². The van der Waals surface area contributed by atoms with E-state index in [-0.39, 0.29) is 18.3 Å². The lowest BCUT2D eigenvalue weighted by Gasteiger charge is -2.30. The van der Waals surface area contributed by atoms with Gasteiger partial charge in [0.05, 0.1) is 18.5 Å². The summed E-state index contributed by atoms with van der Waals surface area (Å²) in [6.07, 6.45) is 1.08. The molecule has 158 valence electrons. The van der Waals surface area contributed by atoms with Crippen LogP contribution in [0.1, 0.15) is 18.4 Å². The van der Waals surface area contributed by atoms with Gasteiger partial charge in [0, 0.05) is 12.6 Å². The van der Waals surface area contributed by atoms with Crippen molar-refractivity contribution in [3.63, 3.8) is 0 Å². The number of nitrogens with zero attached hydrogens (tertiary/aromatic N) is 4. The van der Waals surface area contributed by atoms with Gasteiger partial charge in [-0.25, -0.2) is 8.42 Å². The zero-order valence-electron chi connectivity index (χ0n) is 17.3. The quantitative estimate of drug-likeness (QED) is 0.574. The number of amides is 1. The molecule has 0 radical (unpaired) electrons. The molecule has 0 saturated carbocycles. The van der Waals surface area contributed by atoms with Crippen LogP contribution in [-0.4, -0.2) is 48.7 Å². The molecule has 0 aliphatic rings. The van der Waals surface area contributed by atoms with E-state index in [0.29, 0.717) is 11.5 Å². The maximum absolute atomic E-state index is 13.0. The molecular formula is C21H24N4O4S. The zero-order chi connectivity index (χ0) is 21.9. The molecule has 30 heavy (non-hydrogen) atoms. The molecule has 0 fully saturated rings. The van der Waals surface area contributed by atoms with Gasteiger partial charge in [0.1, 0.15) is 6.04 Å². The number of carbonyl (C=O) groups excluding carboxylic acids is 1. The largest absolute Gasteiger partial charge is 0.337 e. The van der Waals surface area contributed by atoms with Crippen LogP contribution in [0.3, 0.4) is 0 Å². The van der Waals surface area contributed by atoms with Crippen molar-refractivity contribution in [3.8, 4) is 11.4 Å². The normalized spacial score (nSPS) is 12.4. The summed E-state index contributed by atoms with van der Waals surface area (Å²) in [5.41, 5.74) is 2.36. The molecule has 1 atom stereocenters. The summed E-state index contributed by atoms with van der Waals surface area (Å²) in [7, 11) is -2.10. The molecule has 8 nitrogen and oxygen atoms in total. The Labute approximate surface area is 176 Å². The van der Waals surface area contributed by atoms with E-state index in [0.717, 1.165) is 21.7 Å². The van der Waals surface area contributed by atoms with Crippen LogP contribution in [0, 0.1) is 6.92 Å². The summed E-state index contributed by atoms with van der Waals surface area (Å²) in [5.74, 6) is 0.305. The van der Waals surface area contributed by atoms with Crippen molar-refractivity contribution in [2.75, 3.05) is 17.6 Å². The lowest BCUT2D eigenvalue weighted by Crippen LogP contribution is -2.48. The SMILES string of the molecule is Cc1ccc(-c2noc(CN(C)C(=O)C(C)N(c3ccccc3)S(C)(=O)=O)n2)cc1. The molecule has 0 N–H and O–H groups in total. The number of anilines is 1. The number of sulfonamides is 1. The Morgan fingerprint density at radius 3 is 2.33 bits per heavy atom. The average molecular weight is 429 g/mol. The fraction of sp³-hybridized carbons (Fsp3) is 0.286. The van der Waals surface area contributed by atoms with Crippen molar-refractivity contribution in [1.82, 2.24) is 15.0 Å². The maximum atomic E-state index is 13.0. The van der Waals surface area contributed by atoms with Gasteiger partial charge < -0.3 is 9.42 Å². The van der Waals surface area contributed by atoms with Crippen molar-refractivity contribution in [3.05, 3.63) is 66.1 Å². The van der Waals surface area contributed by atoms with Gasteiger partial charge >= 0.3 is 0 Å². The standard InChI is InChI=1S/C21H24N4O4S/c1-15-10-12-17(13-11-15)20-22-19(29-23-20)14-24(3)21(26)16(2)25(30(4,27)28)18-8-6-5-7-9-18/h5-13,16H,14H2,1-4H3. The molecule has 2 aromatic carbocycles. The average Bonchev–Trinajstić information content (AvgIpc) is 3.16. The Balaban J connectivity index is 1.75. The summed E-state index contributed by atoms with van der Waals surface area (Å²) in [5, 5.41) is 3.96. The first-order chi connectivity index (χ1) is 14.2. The van der Waals surface area contributed by atoms with E-state index in [1.54, 1.807) is 44.3 Å². The molecule has 1 unspecified atom stereocenters. The van der Waals surface area contributed by atoms with Gasteiger partial charge in [0.2, 0.25) is 27.6 Å². The number of aromatic nitrogens is 2. The topological polar surface area (TPSA) is 96.6 Å². The minimum Gasteiger partial charge on any atom is -0.337 e. The van der Waals surface area contributed by atoms with Crippen LogP contribution in [0.2, 0.25) is 0 Å². The minimum atomic E-state index is -3.67. The molecule has 1 heterocycles. The number of hydrogen-bond donors (Lipinski definition) is 0. The van der Waals surface area contributed by atoms with Crippen LogP contribution in [0.5, 0.6) is 0 Å². The number of aryl methyl sites for hydroxylation is 1. The zero-order valence-corrected chi connectivity index (χ0v) is 18.1. The number of para-hydroxylation sites is 1. The predicted molar refractivity (Wildman–Crippen MR) is 114 cm³/mol. The Hall–Kier alpha value is -3.20. The van der Waals surface area contributed by atoms with E-state index >= 15 is 0 Å². The van der Waals surface area contributed by atoms with Crippen LogP contribution >= 0.6 is 0 Å². The summed E-state index contributed by atoms with van der Waals surface area (Å²) in [6, 6.07) is 15.3. The van der Waals surface area contributed by atoms with E-state index in [1.165, 1.54) is 4.90 Å². The highest BCUT2D eigenvalue weighted by Gasteiger charge is 2.31. The summed E-state index contributed by atoms with van der Waals surface area (Å²) >= 11 is 0. The van der Waals surface area contributed by atoms with Crippen molar-refractivity contribution in [1.29, 1.82) is 0 Å². The lowest BCUT2D eigenvalue weighted by atomic mass is 10.1. The molecule has 1 amide bonds. The highest BCUT2D eigenvalue weighted by molar-refractivity contribution is 7.92. The third-order valence-electron chi connectivity index (χ3n) is 4.60. The first kappa shape index (κ1) is 21.5. The van der Waals surface area contributed by atoms with E-state index in [1.807, 2.05) is 31.2 Å². The van der Waals surface area contributed by atoms with Crippen LogP contribution in [0.4, 0.5) is 5.69 Å². The second-order valence-corrected chi connectivity index (χ2v) is 9.00. The van der Waals surface area contributed by atoms with Crippen LogP contribution in [-0.2, 0) is 21.4 Å². The predicted octanol–water partition coefficient (Wildman–Crippen LogP) is 2.86. The molecule has 3 rings (SSSR count). The second-order valence-electron chi connectivity index (χ2n) is 7.14. The Morgan fingerprint density at radius 1 is 1.10 bits per heavy atom. The van der Waals surface area contributed by atoms with Gasteiger partial charge in [-0.05, 0) is 26.0 Å². The van der Waals surface area contributed by atoms with Gasteiger partial charge in [-0.3, -0.25) is 9.10 Å². The first-order valence-electron chi connectivity index (χ1n) is 9.36. The van der Waals surface area contributed by atoms with E-state index in [2.05, 4.69) is 10.1 Å². The molecule has 0 aliphatic carbocycles. The van der Waals surface area contributed by atoms with Crippen LogP contribution in [0.25, 0.3) is 11.4 Å². The van der Waals surface area contributed by atoms with E-state index < -0.39 is 16.1 Å². The van der Waals surface area contributed by atoms with Gasteiger partial charge in [-0.15, -0.1) is 0 Å². The number of hydrogen-bond acceptors (Lipinski definition) is 6. The molecule has 0 spiro atoms. The third-order valence-corrected chi connectivity index (χ3v) is 5.85. The smallest absolute Gasteiger partial charge is 0.246 e. The van der Waals surface area contributed by atoms with Crippen molar-refractivity contribution < 1.29 is 17.7 Å². The lowest BCUT2D eigenvalue weighted by molar-refractivity contribution is -0.131. The molecule has 0 saturated heterocycles. The molecule has 0 bridgehead atoms. The van der Waals surface area contributed by atoms with Crippen molar-refractivity contribution >= 4 is 21.6 Å². The minimum absolute atomic E-state index is 0.0639. The fourth-order valence-electron chi connectivity index (χ4n) is 3.12. The van der Waals surface area contributed by atoms with Crippen molar-refractivity contribution in [2.24, 2.45) is 0 Å². The number of benzene rings is 2. The molecule has 1 aromatic heterocycles. The molecule has 9 heteroatoms. The molecular weight excluding hydrogens is 404 g/mol. The van der Waals surface area contributed by atoms with Crippen LogP contribution in [0.15, 0.2) is 59.1 Å². The summed E-state index contributed by atoms with van der Waals surface area (Å²) in [4.78, 5) is 18.7. The number of carbonyl (C=O) groups is 1. The monoisotopic (exact) mass is 428 g/mol. The van der Waals surface area contributed by atoms with Gasteiger partial charge in [-0.2, -0.15) is 4.98 Å². The summed E-state index contributed by atoms with van der Waals surface area (Å²) in [6.45, 7) is 3.61. The Bertz CT molecular complexity index is 1110.